The maximum Gasteiger partial charge on any atom is 0.269 e. The highest BCUT2D eigenvalue weighted by atomic mass is 16.6. The summed E-state index contributed by atoms with van der Waals surface area (Å²) in [6.45, 7) is 0. The predicted octanol–water partition coefficient (Wildman–Crippen LogP) is 4.37. The summed E-state index contributed by atoms with van der Waals surface area (Å²) in [5.41, 5.74) is 2.08. The topological polar surface area (TPSA) is 136 Å². The molecule has 0 amide bonds. The Bertz CT molecular complexity index is 1110. The van der Waals surface area contributed by atoms with Gasteiger partial charge in [-0.2, -0.15) is 0 Å². The maximum atomic E-state index is 12.5. The molecule has 1 aromatic heterocycles. The van der Waals surface area contributed by atoms with E-state index in [4.69, 9.17) is 4.52 Å². The molecule has 0 aliphatic heterocycles. The van der Waals surface area contributed by atoms with Crippen LogP contribution in [0.3, 0.4) is 0 Å². The van der Waals surface area contributed by atoms with Crippen LogP contribution >= 0.6 is 0 Å². The Labute approximate surface area is 177 Å². The van der Waals surface area contributed by atoms with Gasteiger partial charge in [0.05, 0.1) is 33.2 Å². The van der Waals surface area contributed by atoms with Gasteiger partial charge in [-0.25, -0.2) is 0 Å². The van der Waals surface area contributed by atoms with Crippen molar-refractivity contribution in [1.29, 1.82) is 0 Å². The van der Waals surface area contributed by atoms with Crippen molar-refractivity contribution in [3.63, 3.8) is 0 Å². The van der Waals surface area contributed by atoms with Gasteiger partial charge < -0.3 is 9.63 Å². The van der Waals surface area contributed by atoms with E-state index in [0.29, 0.717) is 60.5 Å². The number of rotatable bonds is 5. The Kier molecular flexibility index (Phi) is 5.75. The van der Waals surface area contributed by atoms with Gasteiger partial charge >= 0.3 is 0 Å². The first-order chi connectivity index (χ1) is 14.9. The number of ketones is 2. The fraction of sp³-hybridized carbons (Fsp3) is 0.364. The Balaban J connectivity index is 1.58. The van der Waals surface area contributed by atoms with Gasteiger partial charge in [-0.05, 0) is 31.4 Å². The van der Waals surface area contributed by atoms with E-state index in [2.05, 4.69) is 10.1 Å². The molecule has 4 rings (SSSR count). The summed E-state index contributed by atoms with van der Waals surface area (Å²) in [5, 5.41) is 25.5. The standard InChI is InChI=1S/C22H21N3O6/c26-17-4-1-3-15(23-13-7-9-14(10-8-13)25(29)30)21(17)19(28)12-11-16-22-18(27)5-2-6-20(22)31-24-16/h7-10,28H,1-6,11-12H2. The average Bonchev–Trinajstić information content (AvgIpc) is 3.17. The molecule has 0 atom stereocenters. The summed E-state index contributed by atoms with van der Waals surface area (Å²) in [7, 11) is 0. The molecule has 0 saturated heterocycles. The molecule has 1 aromatic carbocycles. The van der Waals surface area contributed by atoms with Crippen LogP contribution in [0.5, 0.6) is 0 Å². The average molecular weight is 423 g/mol. The molecule has 9 nitrogen and oxygen atoms in total. The number of fused-ring (bicyclic) bond motifs is 1. The molecule has 0 spiro atoms. The predicted molar refractivity (Wildman–Crippen MR) is 111 cm³/mol. The number of non-ortho nitro benzene ring substituents is 1. The van der Waals surface area contributed by atoms with Crippen molar-refractivity contribution in [3.05, 3.63) is 62.7 Å². The largest absolute Gasteiger partial charge is 0.511 e. The number of aryl methyl sites for hydroxylation is 2. The van der Waals surface area contributed by atoms with E-state index in [-0.39, 0.29) is 41.4 Å². The number of nitrogens with zero attached hydrogens (tertiary/aromatic N) is 3. The smallest absolute Gasteiger partial charge is 0.269 e. The summed E-state index contributed by atoms with van der Waals surface area (Å²) in [4.78, 5) is 39.5. The second kappa shape index (κ2) is 8.63. The normalized spacial score (nSPS) is 19.4. The monoisotopic (exact) mass is 423 g/mol. The first kappa shape index (κ1) is 20.6. The van der Waals surface area contributed by atoms with Crippen LogP contribution in [0.4, 0.5) is 11.4 Å². The Morgan fingerprint density at radius 1 is 1.10 bits per heavy atom. The van der Waals surface area contributed by atoms with Crippen molar-refractivity contribution >= 4 is 28.7 Å². The Morgan fingerprint density at radius 2 is 1.81 bits per heavy atom. The second-order valence-electron chi connectivity index (χ2n) is 7.63. The van der Waals surface area contributed by atoms with Gasteiger partial charge in [0.25, 0.3) is 5.69 Å². The highest BCUT2D eigenvalue weighted by molar-refractivity contribution is 6.24. The maximum absolute atomic E-state index is 12.5. The molecule has 0 radical (unpaired) electrons. The fourth-order valence-corrected chi connectivity index (χ4v) is 3.99. The van der Waals surface area contributed by atoms with E-state index in [1.807, 2.05) is 0 Å². The van der Waals surface area contributed by atoms with Crippen molar-refractivity contribution < 1.29 is 24.1 Å². The lowest BCUT2D eigenvalue weighted by Gasteiger charge is -2.18. The van der Waals surface area contributed by atoms with E-state index >= 15 is 0 Å². The summed E-state index contributed by atoms with van der Waals surface area (Å²) in [6, 6.07) is 5.70. The van der Waals surface area contributed by atoms with Crippen molar-refractivity contribution in [2.75, 3.05) is 0 Å². The number of carbonyl (C=O) groups is 2. The van der Waals surface area contributed by atoms with Gasteiger partial charge in [-0.3, -0.25) is 24.7 Å². The minimum Gasteiger partial charge on any atom is -0.511 e. The third-order valence-electron chi connectivity index (χ3n) is 5.52. The van der Waals surface area contributed by atoms with Crippen LogP contribution in [0.1, 0.15) is 60.3 Å². The molecule has 9 heteroatoms. The van der Waals surface area contributed by atoms with Crippen LogP contribution < -0.4 is 0 Å². The number of nitro groups is 1. The molecule has 2 aliphatic rings. The highest BCUT2D eigenvalue weighted by Gasteiger charge is 2.28. The first-order valence-corrected chi connectivity index (χ1v) is 10.2. The first-order valence-electron chi connectivity index (χ1n) is 10.2. The minimum absolute atomic E-state index is 0.00110. The van der Waals surface area contributed by atoms with E-state index in [1.165, 1.54) is 24.3 Å². The third-order valence-corrected chi connectivity index (χ3v) is 5.52. The third kappa shape index (κ3) is 4.30. The lowest BCUT2D eigenvalue weighted by atomic mass is 9.88. The zero-order valence-corrected chi connectivity index (χ0v) is 16.8. The number of aliphatic imine (C=N–C) groups is 1. The zero-order valence-electron chi connectivity index (χ0n) is 16.8. The molecule has 1 saturated carbocycles. The molecule has 160 valence electrons. The molecule has 2 aromatic rings. The number of benzene rings is 1. The Morgan fingerprint density at radius 3 is 2.55 bits per heavy atom. The zero-order chi connectivity index (χ0) is 22.0. The van der Waals surface area contributed by atoms with Crippen LogP contribution in [0.25, 0.3) is 0 Å². The molecule has 0 unspecified atom stereocenters. The molecule has 31 heavy (non-hydrogen) atoms. The van der Waals surface area contributed by atoms with E-state index in [9.17, 15) is 24.8 Å². The molecule has 1 fully saturated rings. The van der Waals surface area contributed by atoms with Gasteiger partial charge in [0.2, 0.25) is 0 Å². The molecular formula is C22H21N3O6. The summed E-state index contributed by atoms with van der Waals surface area (Å²) in [6.07, 6.45) is 3.73. The minimum atomic E-state index is -0.494. The number of hydrogen-bond acceptors (Lipinski definition) is 8. The highest BCUT2D eigenvalue weighted by Crippen LogP contribution is 2.28. The summed E-state index contributed by atoms with van der Waals surface area (Å²) < 4.78 is 5.28. The Hall–Kier alpha value is -3.62. The number of carbonyl (C=O) groups excluding carboxylic acids is 2. The van der Waals surface area contributed by atoms with Gasteiger partial charge in [-0.1, -0.05) is 5.16 Å². The van der Waals surface area contributed by atoms with Crippen molar-refractivity contribution in [1.82, 2.24) is 5.16 Å². The van der Waals surface area contributed by atoms with E-state index < -0.39 is 4.92 Å². The molecule has 0 bridgehead atoms. The van der Waals surface area contributed by atoms with Crippen LogP contribution in [-0.2, 0) is 17.6 Å². The summed E-state index contributed by atoms with van der Waals surface area (Å²) in [5.74, 6) is 0.305. The fourth-order valence-electron chi connectivity index (χ4n) is 3.99. The van der Waals surface area contributed by atoms with Gasteiger partial charge in [0.15, 0.2) is 11.6 Å². The number of aromatic nitrogens is 1. The van der Waals surface area contributed by atoms with Crippen molar-refractivity contribution in [3.8, 4) is 0 Å². The molecule has 1 heterocycles. The molecule has 1 N–H and O–H groups in total. The van der Waals surface area contributed by atoms with E-state index in [0.717, 1.165) is 6.42 Å². The molecule has 2 aliphatic carbocycles. The van der Waals surface area contributed by atoms with Crippen LogP contribution in [0, 0.1) is 10.1 Å². The number of aliphatic hydroxyl groups is 1. The second-order valence-corrected chi connectivity index (χ2v) is 7.63. The quantitative estimate of drug-likeness (QED) is 0.326. The van der Waals surface area contributed by atoms with E-state index in [1.54, 1.807) is 0 Å². The SMILES string of the molecule is O=C1CCCC(=Nc2ccc([N+](=O)[O-])cc2)C1=C(O)CCc1noc2c1C(=O)CCC2. The van der Waals surface area contributed by atoms with Gasteiger partial charge in [0, 0.05) is 44.2 Å². The van der Waals surface area contributed by atoms with Crippen LogP contribution in [-0.4, -0.2) is 32.5 Å². The van der Waals surface area contributed by atoms with Crippen LogP contribution in [0.2, 0.25) is 0 Å². The lowest BCUT2D eigenvalue weighted by molar-refractivity contribution is -0.384. The van der Waals surface area contributed by atoms with Crippen molar-refractivity contribution in [2.45, 2.75) is 51.4 Å². The molecular weight excluding hydrogens is 402 g/mol. The summed E-state index contributed by atoms with van der Waals surface area (Å²) >= 11 is 0. The lowest BCUT2D eigenvalue weighted by Crippen LogP contribution is -2.21. The van der Waals surface area contributed by atoms with Gasteiger partial charge in [0.1, 0.15) is 11.5 Å². The number of nitro benzene ring substituents is 1. The number of hydrogen-bond donors (Lipinski definition) is 1. The number of aliphatic hydroxyl groups excluding tert-OH is 1. The van der Waals surface area contributed by atoms with Gasteiger partial charge in [-0.15, -0.1) is 0 Å². The number of allylic oxidation sites excluding steroid dienone is 2. The van der Waals surface area contributed by atoms with Crippen molar-refractivity contribution in [2.24, 2.45) is 4.99 Å². The number of Topliss-reactive ketones (excluding diaryl/α,β-unsaturated/α-hetero) is 2. The van der Waals surface area contributed by atoms with Crippen LogP contribution in [0.15, 0.2) is 45.1 Å².